The van der Waals surface area contributed by atoms with E-state index in [0.717, 1.165) is 74.0 Å². The molecular formula is C64H43N3. The zero-order valence-electron chi connectivity index (χ0n) is 36.8. The number of hydrogen-bond acceptors (Lipinski definition) is 3. The van der Waals surface area contributed by atoms with Gasteiger partial charge in [0.05, 0.1) is 5.41 Å². The van der Waals surface area contributed by atoms with Gasteiger partial charge in [-0.1, -0.05) is 200 Å². The van der Waals surface area contributed by atoms with Crippen LogP contribution in [0, 0.1) is 0 Å². The van der Waals surface area contributed by atoms with Gasteiger partial charge in [0.25, 0.3) is 0 Å². The minimum atomic E-state index is -0.452. The molecule has 0 unspecified atom stereocenters. The minimum absolute atomic E-state index is 0.452. The fraction of sp³-hybridized carbons (Fsp3) is 0.0469. The van der Waals surface area contributed by atoms with Gasteiger partial charge in [-0.2, -0.15) is 0 Å². The first-order valence-electron chi connectivity index (χ1n) is 23.2. The lowest BCUT2D eigenvalue weighted by Crippen LogP contribution is -2.27. The van der Waals surface area contributed by atoms with Crippen LogP contribution in [0.5, 0.6) is 0 Å². The molecule has 1 aromatic heterocycles. The van der Waals surface area contributed by atoms with Crippen molar-refractivity contribution >= 4 is 11.1 Å². The Labute approximate surface area is 391 Å². The lowest BCUT2D eigenvalue weighted by molar-refractivity contribution is 0.781. The van der Waals surface area contributed by atoms with E-state index in [4.69, 9.17) is 15.0 Å². The van der Waals surface area contributed by atoms with Crippen LogP contribution in [0.25, 0.3) is 89.6 Å². The highest BCUT2D eigenvalue weighted by Crippen LogP contribution is 2.64. The van der Waals surface area contributed by atoms with Crippen LogP contribution in [0.2, 0.25) is 0 Å². The van der Waals surface area contributed by atoms with E-state index in [1.807, 2.05) is 0 Å². The van der Waals surface area contributed by atoms with E-state index in [-0.39, 0.29) is 0 Å². The van der Waals surface area contributed by atoms with Gasteiger partial charge in [-0.05, 0) is 144 Å². The molecule has 0 fully saturated rings. The number of rotatable bonds is 7. The summed E-state index contributed by atoms with van der Waals surface area (Å²) in [5.74, 6) is 1.99. The van der Waals surface area contributed by atoms with E-state index in [1.165, 1.54) is 44.5 Å². The third kappa shape index (κ3) is 6.46. The Balaban J connectivity index is 1.06. The van der Waals surface area contributed by atoms with Crippen LogP contribution >= 0.6 is 0 Å². The Morgan fingerprint density at radius 1 is 0.284 bits per heavy atom. The van der Waals surface area contributed by atoms with Gasteiger partial charge in [-0.25, -0.2) is 15.0 Å². The van der Waals surface area contributed by atoms with Crippen molar-refractivity contribution in [2.24, 2.45) is 0 Å². The van der Waals surface area contributed by atoms with Crippen LogP contribution in [0.1, 0.15) is 40.9 Å². The lowest BCUT2D eigenvalue weighted by atomic mass is 9.68. The van der Waals surface area contributed by atoms with Crippen molar-refractivity contribution in [1.82, 2.24) is 15.0 Å². The molecule has 0 atom stereocenters. The molecule has 9 aromatic carbocycles. The highest BCUT2D eigenvalue weighted by molar-refractivity contribution is 5.98. The zero-order chi connectivity index (χ0) is 44.3. The van der Waals surface area contributed by atoms with Crippen LogP contribution in [-0.2, 0) is 5.41 Å². The third-order valence-electron chi connectivity index (χ3n) is 14.0. The standard InChI is InChI=1S/C64H43N3/c1-5-19-42(20-6-1)47-35-48(43-21-7-2-8-22-43)38-51(37-47)62-65-61(66-63(67-62)52-39-49(44-23-9-3-10-24-44)36-50(40-52)45-25-11-4-12-26-45)46-33-34-56-55-29-15-18-32-59(55)64(60(56)41-46)57-30-16-13-27-53(57)54-28-14-17-31-58(54)64/h1-32,35-41H,33-34H2. The molecule has 0 radical (unpaired) electrons. The summed E-state index contributed by atoms with van der Waals surface area (Å²) in [5, 5.41) is 0. The summed E-state index contributed by atoms with van der Waals surface area (Å²) < 4.78 is 0. The van der Waals surface area contributed by atoms with Crippen LogP contribution in [-0.4, -0.2) is 15.0 Å². The Morgan fingerprint density at radius 3 is 1.03 bits per heavy atom. The van der Waals surface area contributed by atoms with E-state index in [9.17, 15) is 0 Å². The van der Waals surface area contributed by atoms with Gasteiger partial charge in [0, 0.05) is 11.1 Å². The molecule has 0 aliphatic heterocycles. The van der Waals surface area contributed by atoms with Crippen molar-refractivity contribution < 1.29 is 0 Å². The minimum Gasteiger partial charge on any atom is -0.209 e. The number of fused-ring (bicyclic) bond motifs is 9. The first-order valence-corrected chi connectivity index (χ1v) is 23.2. The van der Waals surface area contributed by atoms with Gasteiger partial charge in [-0.3, -0.25) is 0 Å². The van der Waals surface area contributed by atoms with Crippen LogP contribution in [0.15, 0.2) is 242 Å². The Morgan fingerprint density at radius 2 is 0.612 bits per heavy atom. The Hall–Kier alpha value is -8.53. The molecule has 3 aliphatic rings. The molecule has 3 aliphatic carbocycles. The topological polar surface area (TPSA) is 38.7 Å². The largest absolute Gasteiger partial charge is 0.209 e. The third-order valence-corrected chi connectivity index (χ3v) is 14.0. The smallest absolute Gasteiger partial charge is 0.164 e. The van der Waals surface area contributed by atoms with Gasteiger partial charge in [0.2, 0.25) is 0 Å². The van der Waals surface area contributed by atoms with E-state index >= 15 is 0 Å². The number of benzene rings is 9. The normalized spacial score (nSPS) is 14.0. The second kappa shape index (κ2) is 15.9. The Kier molecular flexibility index (Phi) is 9.21. The first kappa shape index (κ1) is 38.9. The summed E-state index contributed by atoms with van der Waals surface area (Å²) in [5.41, 5.74) is 22.2. The van der Waals surface area contributed by atoms with Gasteiger partial charge in [0.15, 0.2) is 17.5 Å². The quantitative estimate of drug-likeness (QED) is 0.160. The average Bonchev–Trinajstić information content (AvgIpc) is 3.88. The lowest BCUT2D eigenvalue weighted by Gasteiger charge is -2.32. The molecule has 314 valence electrons. The molecule has 3 nitrogen and oxygen atoms in total. The van der Waals surface area contributed by atoms with Crippen molar-refractivity contribution in [3.05, 3.63) is 270 Å². The van der Waals surface area contributed by atoms with Crippen molar-refractivity contribution in [3.8, 4) is 78.4 Å². The summed E-state index contributed by atoms with van der Waals surface area (Å²) in [6, 6.07) is 83.1. The number of hydrogen-bond donors (Lipinski definition) is 0. The number of allylic oxidation sites excluding steroid dienone is 4. The summed E-state index contributed by atoms with van der Waals surface area (Å²) in [6.07, 6.45) is 4.13. The fourth-order valence-electron chi connectivity index (χ4n) is 11.0. The van der Waals surface area contributed by atoms with Gasteiger partial charge in [-0.15, -0.1) is 0 Å². The molecule has 1 spiro atoms. The molecule has 0 saturated carbocycles. The molecular weight excluding hydrogens is 811 g/mol. The van der Waals surface area contributed by atoms with Crippen molar-refractivity contribution in [2.75, 3.05) is 0 Å². The average molecular weight is 854 g/mol. The molecule has 0 saturated heterocycles. The van der Waals surface area contributed by atoms with Crippen molar-refractivity contribution in [1.29, 1.82) is 0 Å². The zero-order valence-corrected chi connectivity index (χ0v) is 36.8. The molecule has 67 heavy (non-hydrogen) atoms. The maximum Gasteiger partial charge on any atom is 0.164 e. The van der Waals surface area contributed by atoms with E-state index in [0.29, 0.717) is 17.5 Å². The second-order valence-corrected chi connectivity index (χ2v) is 17.8. The monoisotopic (exact) mass is 853 g/mol. The van der Waals surface area contributed by atoms with Crippen molar-refractivity contribution in [2.45, 2.75) is 18.3 Å². The predicted molar refractivity (Wildman–Crippen MR) is 275 cm³/mol. The summed E-state index contributed by atoms with van der Waals surface area (Å²) in [6.45, 7) is 0. The fourth-order valence-corrected chi connectivity index (χ4v) is 11.0. The summed E-state index contributed by atoms with van der Waals surface area (Å²) >= 11 is 0. The van der Waals surface area contributed by atoms with Gasteiger partial charge >= 0.3 is 0 Å². The first-order chi connectivity index (χ1) is 33.2. The van der Waals surface area contributed by atoms with E-state index in [2.05, 4.69) is 237 Å². The highest BCUT2D eigenvalue weighted by Gasteiger charge is 2.52. The SMILES string of the molecule is C1=C(c2nc(-c3cc(-c4ccccc4)cc(-c4ccccc4)c3)nc(-c3cc(-c4ccccc4)cc(-c4ccccc4)c3)n2)CCC2=C1C1(c3ccccc32)c2ccccc2-c2ccccc21. The highest BCUT2D eigenvalue weighted by atomic mass is 15.0. The maximum atomic E-state index is 5.54. The molecule has 13 rings (SSSR count). The Bertz CT molecular complexity index is 3300. The molecule has 1 heterocycles. The second-order valence-electron chi connectivity index (χ2n) is 17.8. The predicted octanol–water partition coefficient (Wildman–Crippen LogP) is 15.8. The number of nitrogens with zero attached hydrogens (tertiary/aromatic N) is 3. The van der Waals surface area contributed by atoms with E-state index < -0.39 is 5.41 Å². The molecule has 0 bridgehead atoms. The van der Waals surface area contributed by atoms with Gasteiger partial charge in [0.1, 0.15) is 0 Å². The van der Waals surface area contributed by atoms with Crippen LogP contribution in [0.3, 0.4) is 0 Å². The molecule has 0 amide bonds. The van der Waals surface area contributed by atoms with Crippen molar-refractivity contribution in [3.63, 3.8) is 0 Å². The van der Waals surface area contributed by atoms with Gasteiger partial charge < -0.3 is 0 Å². The number of aromatic nitrogens is 3. The summed E-state index contributed by atoms with van der Waals surface area (Å²) in [4.78, 5) is 16.6. The van der Waals surface area contributed by atoms with Crippen LogP contribution in [0.4, 0.5) is 0 Å². The van der Waals surface area contributed by atoms with E-state index in [1.54, 1.807) is 0 Å². The summed E-state index contributed by atoms with van der Waals surface area (Å²) in [7, 11) is 0. The van der Waals surface area contributed by atoms with Crippen LogP contribution < -0.4 is 0 Å². The maximum absolute atomic E-state index is 5.54. The molecule has 0 N–H and O–H groups in total. The molecule has 10 aromatic rings. The molecule has 3 heteroatoms.